The highest BCUT2D eigenvalue weighted by Gasteiger charge is 2.21. The molecule has 0 amide bonds. The molecule has 6 heterocycles. The Kier molecular flexibility index (Phi) is 18.7. The Balaban J connectivity index is 0.000000106. The third kappa shape index (κ3) is 14.5. The maximum atomic E-state index is 5.19. The largest absolute Gasteiger partial charge is 0.264 e. The summed E-state index contributed by atoms with van der Waals surface area (Å²) in [4.78, 5) is 44.7. The minimum Gasteiger partial charge on any atom is -0.264 e. The maximum absolute atomic E-state index is 5.19. The molecule has 0 aliphatic carbocycles. The molecule has 0 atom stereocenters. The van der Waals surface area contributed by atoms with E-state index in [0.29, 0.717) is 17.5 Å². The number of rotatable bonds is 9. The van der Waals surface area contributed by atoms with Crippen LogP contribution in [0.25, 0.3) is 264 Å². The van der Waals surface area contributed by atoms with Crippen molar-refractivity contribution < 1.29 is 0 Å². The van der Waals surface area contributed by atoms with Gasteiger partial charge in [0, 0.05) is 91.0 Å². The second kappa shape index (κ2) is 32.3. The van der Waals surface area contributed by atoms with Gasteiger partial charge in [-0.2, -0.15) is 0 Å². The molecule has 21 aromatic carbocycles. The van der Waals surface area contributed by atoms with Crippen LogP contribution in [0.1, 0.15) is 0 Å². The fourth-order valence-corrected chi connectivity index (χ4v) is 19.1. The van der Waals surface area contributed by atoms with E-state index in [1.165, 1.54) is 129 Å². The van der Waals surface area contributed by atoms with Crippen molar-refractivity contribution in [3.05, 3.63) is 455 Å². The molecule has 27 rings (SSSR count). The van der Waals surface area contributed by atoms with Gasteiger partial charge >= 0.3 is 0 Å². The molecular weight excluding hydrogens is 1600 g/mol. The third-order valence-corrected chi connectivity index (χ3v) is 25.9. The third-order valence-electron chi connectivity index (χ3n) is 25.9. The zero-order valence-corrected chi connectivity index (χ0v) is 71.3. The molecule has 0 bridgehead atoms. The first-order valence-corrected chi connectivity index (χ1v) is 44.5. The number of benzene rings is 21. The molecule has 0 aliphatic heterocycles. The summed E-state index contributed by atoms with van der Waals surface area (Å²) in [5.41, 5.74) is 16.4. The number of para-hydroxylation sites is 1. The van der Waals surface area contributed by atoms with Crippen molar-refractivity contribution in [1.82, 2.24) is 44.9 Å². The van der Waals surface area contributed by atoms with Gasteiger partial charge < -0.3 is 0 Å². The number of fused-ring (bicyclic) bond motifs is 15. The molecule has 6 aromatic heterocycles. The van der Waals surface area contributed by atoms with Crippen molar-refractivity contribution in [3.63, 3.8) is 0 Å². The van der Waals surface area contributed by atoms with Gasteiger partial charge in [0.25, 0.3) is 0 Å². The molecule has 27 aromatic rings. The van der Waals surface area contributed by atoms with Crippen LogP contribution in [0, 0.1) is 0 Å². The predicted molar refractivity (Wildman–Crippen MR) is 551 cm³/mol. The highest BCUT2D eigenvalue weighted by molar-refractivity contribution is 6.08. The van der Waals surface area contributed by atoms with Gasteiger partial charge in [-0.05, 0) is 292 Å². The fraction of sp³-hybridized carbons (Fsp3) is 0. The molecule has 0 unspecified atom stereocenters. The topological polar surface area (TPSA) is 116 Å². The van der Waals surface area contributed by atoms with Crippen LogP contribution in [0.4, 0.5) is 0 Å². The van der Waals surface area contributed by atoms with E-state index in [1.54, 1.807) is 0 Å². The molecule has 0 spiro atoms. The van der Waals surface area contributed by atoms with Crippen LogP contribution >= 0.6 is 0 Å². The minimum absolute atomic E-state index is 0.666. The van der Waals surface area contributed by atoms with E-state index in [9.17, 15) is 0 Å². The van der Waals surface area contributed by atoms with E-state index in [0.717, 1.165) is 117 Å². The van der Waals surface area contributed by atoms with Crippen molar-refractivity contribution in [2.75, 3.05) is 0 Å². The molecule has 0 saturated heterocycles. The average molecular weight is 1680 g/mol. The SMILES string of the molecule is c1ccc2cc3cc(-c4cc(-c5ccc6cc7ccccc7cc6c5)nc(-c5cccc6cccnc56)n4)ccc3cc2c1.c1ccc2cc3cc(-c4cc(-c5ccc6cc7ccccc7cc6c5)nc(-c5cccc6cnccc56)n4)ccc3cc2c1.c1ccc2cc3cc(-c4cc(-c5ccc6cc7ccccc7cc6c5)nc(-c5cccc6ncccc56)n4)ccc3cc2c1. The Bertz CT molecular complexity index is 8130. The van der Waals surface area contributed by atoms with Crippen molar-refractivity contribution in [3.8, 4) is 102 Å². The van der Waals surface area contributed by atoms with Gasteiger partial charge in [-0.3, -0.25) is 15.0 Å². The molecule has 0 N–H and O–H groups in total. The fourth-order valence-electron chi connectivity index (χ4n) is 19.1. The first kappa shape index (κ1) is 76.6. The highest BCUT2D eigenvalue weighted by Crippen LogP contribution is 2.41. The molecular formula is C123H75N9. The summed E-state index contributed by atoms with van der Waals surface area (Å²) in [5, 5.41) is 33.5. The van der Waals surface area contributed by atoms with Gasteiger partial charge in [-0.1, -0.05) is 273 Å². The lowest BCUT2D eigenvalue weighted by atomic mass is 9.98. The molecule has 612 valence electrons. The number of aromatic nitrogens is 9. The molecule has 0 saturated carbocycles. The summed E-state index contributed by atoms with van der Waals surface area (Å²) in [6.07, 6.45) is 7.38. The first-order valence-electron chi connectivity index (χ1n) is 44.5. The number of nitrogens with zero attached hydrogens (tertiary/aromatic N) is 9. The maximum Gasteiger partial charge on any atom is 0.162 e. The monoisotopic (exact) mass is 1680 g/mol. The zero-order valence-electron chi connectivity index (χ0n) is 71.3. The van der Waals surface area contributed by atoms with Crippen LogP contribution in [0.5, 0.6) is 0 Å². The summed E-state index contributed by atoms with van der Waals surface area (Å²) in [6, 6.07) is 153. The van der Waals surface area contributed by atoms with Gasteiger partial charge in [-0.25, -0.2) is 29.9 Å². The van der Waals surface area contributed by atoms with E-state index in [1.807, 2.05) is 55.1 Å². The van der Waals surface area contributed by atoms with Gasteiger partial charge in [-0.15, -0.1) is 0 Å². The molecule has 0 aliphatic rings. The summed E-state index contributed by atoms with van der Waals surface area (Å²) in [7, 11) is 0. The number of hydrogen-bond acceptors (Lipinski definition) is 9. The zero-order chi connectivity index (χ0) is 87.1. The summed E-state index contributed by atoms with van der Waals surface area (Å²) < 4.78 is 0. The van der Waals surface area contributed by atoms with Crippen molar-refractivity contribution in [2.24, 2.45) is 0 Å². The summed E-state index contributed by atoms with van der Waals surface area (Å²) in [5.74, 6) is 2.05. The van der Waals surface area contributed by atoms with Gasteiger partial charge in [0.1, 0.15) is 0 Å². The second-order valence-corrected chi connectivity index (χ2v) is 34.1. The van der Waals surface area contributed by atoms with Crippen LogP contribution in [0.15, 0.2) is 455 Å². The van der Waals surface area contributed by atoms with Crippen LogP contribution in [0.2, 0.25) is 0 Å². The van der Waals surface area contributed by atoms with E-state index in [-0.39, 0.29) is 0 Å². The van der Waals surface area contributed by atoms with E-state index >= 15 is 0 Å². The van der Waals surface area contributed by atoms with E-state index in [2.05, 4.69) is 410 Å². The number of hydrogen-bond donors (Lipinski definition) is 0. The van der Waals surface area contributed by atoms with Gasteiger partial charge in [0.2, 0.25) is 0 Å². The molecule has 9 heteroatoms. The Morgan fingerprint density at radius 1 is 0.144 bits per heavy atom. The standard InChI is InChI=1S/3C41H25N3/c1-3-9-29-21-35-23-33(16-14-31(35)19-27(29)7-1)38-25-39(44-41(43-38)37-13-5-11-26-12-6-18-42-40(26)37)34-17-15-32-20-28-8-2-4-10-30(28)22-36(32)24-34;1-3-9-28-21-34-23-32(16-14-30(34)19-26(28)7-1)39-25-40(44-41(43-39)37-11-5-13-38-36(37)12-6-18-42-38)33-17-15-31-20-27-8-2-4-10-29(27)22-35(31)24-33;1-3-8-28-20-35-22-32(14-12-30(35)18-26(28)6-1)39-24-40(44-41(43-39)38-11-5-10-34-25-42-17-16-37(34)38)33-15-13-31-19-27-7-2-4-9-29(27)21-36(31)23-33/h3*1-25H. The first-order chi connectivity index (χ1) is 65.2. The molecule has 0 fully saturated rings. The lowest BCUT2D eigenvalue weighted by Crippen LogP contribution is -1.97. The molecule has 132 heavy (non-hydrogen) atoms. The predicted octanol–water partition coefficient (Wildman–Crippen LogP) is 31.9. The molecule has 9 nitrogen and oxygen atoms in total. The van der Waals surface area contributed by atoms with E-state index < -0.39 is 0 Å². The van der Waals surface area contributed by atoms with Crippen LogP contribution in [-0.4, -0.2) is 44.9 Å². The Labute approximate surface area is 758 Å². The minimum atomic E-state index is 0.666. The second-order valence-electron chi connectivity index (χ2n) is 34.1. The summed E-state index contributed by atoms with van der Waals surface area (Å²) in [6.45, 7) is 0. The number of pyridine rings is 3. The van der Waals surface area contributed by atoms with Crippen LogP contribution in [-0.2, 0) is 0 Å². The smallest absolute Gasteiger partial charge is 0.162 e. The van der Waals surface area contributed by atoms with Gasteiger partial charge in [0.15, 0.2) is 17.5 Å². The van der Waals surface area contributed by atoms with Crippen molar-refractivity contribution in [1.29, 1.82) is 0 Å². The van der Waals surface area contributed by atoms with Crippen LogP contribution in [0.3, 0.4) is 0 Å². The van der Waals surface area contributed by atoms with E-state index in [4.69, 9.17) is 34.9 Å². The molecule has 0 radical (unpaired) electrons. The average Bonchev–Trinajstić information content (AvgIpc) is 0.764. The summed E-state index contributed by atoms with van der Waals surface area (Å²) >= 11 is 0. The quantitative estimate of drug-likeness (QED) is 0.130. The van der Waals surface area contributed by atoms with Crippen molar-refractivity contribution in [2.45, 2.75) is 0 Å². The lowest BCUT2D eigenvalue weighted by Gasteiger charge is -2.12. The van der Waals surface area contributed by atoms with Crippen LogP contribution < -0.4 is 0 Å². The Morgan fingerprint density at radius 3 is 0.727 bits per heavy atom. The normalized spacial score (nSPS) is 11.6. The van der Waals surface area contributed by atoms with Crippen molar-refractivity contribution >= 4 is 162 Å². The van der Waals surface area contributed by atoms with Gasteiger partial charge in [0.05, 0.1) is 45.2 Å². The lowest BCUT2D eigenvalue weighted by molar-refractivity contribution is 1.18. The Hall–Kier alpha value is -17.8. The Morgan fingerprint density at radius 2 is 0.394 bits per heavy atom. The highest BCUT2D eigenvalue weighted by atomic mass is 14.9.